The van der Waals surface area contributed by atoms with Gasteiger partial charge in [-0.15, -0.1) is 0 Å². The quantitative estimate of drug-likeness (QED) is 0.597. The average Bonchev–Trinajstić information content (AvgIpc) is 2.92. The molecule has 0 fully saturated rings. The normalized spacial score (nSPS) is 15.2. The van der Waals surface area contributed by atoms with E-state index in [1.54, 1.807) is 24.3 Å². The maximum atomic E-state index is 11.8. The molecule has 1 amide bonds. The molecule has 0 aromatic heterocycles. The molecule has 1 heterocycles. The third kappa shape index (κ3) is 4.80. The highest BCUT2D eigenvalue weighted by Gasteiger charge is 2.20. The maximum absolute atomic E-state index is 11.8. The number of amides is 1. The number of carbonyl (C=O) groups excluding carboxylic acids is 1. The van der Waals surface area contributed by atoms with Crippen molar-refractivity contribution in [3.63, 3.8) is 0 Å². The molecule has 0 bridgehead atoms. The number of rotatable bonds is 6. The SMILES string of the molecule is Cc1ccc(OCCOc2ccc(Cl)cc2C=C2SC(N)=NC2=O)cc1. The molecule has 134 valence electrons. The Hall–Kier alpha value is -2.44. The van der Waals surface area contributed by atoms with Crippen molar-refractivity contribution in [2.24, 2.45) is 10.7 Å². The summed E-state index contributed by atoms with van der Waals surface area (Å²) >= 11 is 7.19. The minimum atomic E-state index is -0.360. The van der Waals surface area contributed by atoms with Crippen LogP contribution in [0.4, 0.5) is 0 Å². The predicted molar refractivity (Wildman–Crippen MR) is 106 cm³/mol. The monoisotopic (exact) mass is 388 g/mol. The minimum absolute atomic E-state index is 0.234. The van der Waals surface area contributed by atoms with Crippen LogP contribution in [-0.2, 0) is 4.79 Å². The summed E-state index contributed by atoms with van der Waals surface area (Å²) in [5.74, 6) is 1.03. The van der Waals surface area contributed by atoms with E-state index in [0.29, 0.717) is 34.5 Å². The molecular weight excluding hydrogens is 372 g/mol. The molecule has 0 spiro atoms. The summed E-state index contributed by atoms with van der Waals surface area (Å²) in [6, 6.07) is 13.0. The van der Waals surface area contributed by atoms with Crippen LogP contribution in [-0.4, -0.2) is 24.3 Å². The number of nitrogens with zero attached hydrogens (tertiary/aromatic N) is 1. The van der Waals surface area contributed by atoms with Crippen LogP contribution in [0.3, 0.4) is 0 Å². The van der Waals surface area contributed by atoms with Gasteiger partial charge in [0.2, 0.25) is 0 Å². The van der Waals surface area contributed by atoms with E-state index in [2.05, 4.69) is 4.99 Å². The van der Waals surface area contributed by atoms with Gasteiger partial charge >= 0.3 is 0 Å². The summed E-state index contributed by atoms with van der Waals surface area (Å²) < 4.78 is 11.4. The van der Waals surface area contributed by atoms with E-state index in [1.165, 1.54) is 5.56 Å². The number of thioether (sulfide) groups is 1. The Kier molecular flexibility index (Phi) is 5.85. The highest BCUT2D eigenvalue weighted by atomic mass is 35.5. The number of carbonyl (C=O) groups is 1. The summed E-state index contributed by atoms with van der Waals surface area (Å²) in [7, 11) is 0. The highest BCUT2D eigenvalue weighted by Crippen LogP contribution is 2.31. The Labute approximate surface area is 160 Å². The first-order chi connectivity index (χ1) is 12.5. The van der Waals surface area contributed by atoms with Gasteiger partial charge < -0.3 is 15.2 Å². The van der Waals surface area contributed by atoms with Gasteiger partial charge in [-0.25, -0.2) is 0 Å². The summed E-state index contributed by atoms with van der Waals surface area (Å²) in [4.78, 5) is 15.9. The third-order valence-corrected chi connectivity index (χ3v) is 4.57. The number of aliphatic imine (C=N–C) groups is 1. The Morgan fingerprint density at radius 1 is 1.15 bits per heavy atom. The van der Waals surface area contributed by atoms with Crippen LogP contribution in [0.1, 0.15) is 11.1 Å². The first-order valence-electron chi connectivity index (χ1n) is 7.91. The average molecular weight is 389 g/mol. The fraction of sp³-hybridized carbons (Fsp3) is 0.158. The Morgan fingerprint density at radius 3 is 2.58 bits per heavy atom. The van der Waals surface area contributed by atoms with Gasteiger partial charge in [-0.2, -0.15) is 4.99 Å². The summed E-state index contributed by atoms with van der Waals surface area (Å²) in [5.41, 5.74) is 7.44. The Balaban J connectivity index is 1.64. The number of hydrogen-bond acceptors (Lipinski definition) is 5. The van der Waals surface area contributed by atoms with Crippen LogP contribution in [0.2, 0.25) is 5.02 Å². The number of benzene rings is 2. The van der Waals surface area contributed by atoms with E-state index in [0.717, 1.165) is 17.5 Å². The predicted octanol–water partition coefficient (Wildman–Crippen LogP) is 4.04. The van der Waals surface area contributed by atoms with Crippen LogP contribution in [0.5, 0.6) is 11.5 Å². The van der Waals surface area contributed by atoms with Crippen LogP contribution >= 0.6 is 23.4 Å². The Morgan fingerprint density at radius 2 is 1.88 bits per heavy atom. The van der Waals surface area contributed by atoms with Crippen LogP contribution in [0.15, 0.2) is 52.4 Å². The van der Waals surface area contributed by atoms with Crippen molar-refractivity contribution in [3.05, 3.63) is 63.5 Å². The lowest BCUT2D eigenvalue weighted by Gasteiger charge is -2.11. The van der Waals surface area contributed by atoms with Gasteiger partial charge in [0, 0.05) is 10.6 Å². The topological polar surface area (TPSA) is 73.9 Å². The molecule has 0 saturated heterocycles. The zero-order valence-electron chi connectivity index (χ0n) is 14.1. The van der Waals surface area contributed by atoms with Gasteiger partial charge in [-0.1, -0.05) is 29.3 Å². The number of ether oxygens (including phenoxy) is 2. The van der Waals surface area contributed by atoms with Crippen molar-refractivity contribution in [2.45, 2.75) is 6.92 Å². The number of aryl methyl sites for hydroxylation is 1. The van der Waals surface area contributed by atoms with E-state index in [1.807, 2.05) is 31.2 Å². The van der Waals surface area contributed by atoms with Gasteiger partial charge in [-0.05, 0) is 55.1 Å². The summed E-state index contributed by atoms with van der Waals surface area (Å²) in [5, 5.41) is 0.779. The molecule has 1 aliphatic heterocycles. The molecule has 0 unspecified atom stereocenters. The number of hydrogen-bond donors (Lipinski definition) is 1. The van der Waals surface area contributed by atoms with Gasteiger partial charge in [0.15, 0.2) is 5.17 Å². The lowest BCUT2D eigenvalue weighted by molar-refractivity contribution is -0.113. The smallest absolute Gasteiger partial charge is 0.286 e. The Bertz CT molecular complexity index is 879. The van der Waals surface area contributed by atoms with Gasteiger partial charge in [0.25, 0.3) is 5.91 Å². The van der Waals surface area contributed by atoms with Crippen molar-refractivity contribution in [2.75, 3.05) is 13.2 Å². The second-order valence-electron chi connectivity index (χ2n) is 5.56. The largest absolute Gasteiger partial charge is 0.490 e. The van der Waals surface area contributed by atoms with Crippen LogP contribution in [0, 0.1) is 6.92 Å². The molecule has 0 radical (unpaired) electrons. The molecule has 26 heavy (non-hydrogen) atoms. The van der Waals surface area contributed by atoms with Gasteiger partial charge in [0.1, 0.15) is 24.7 Å². The second-order valence-corrected chi connectivity index (χ2v) is 7.06. The molecule has 7 heteroatoms. The molecule has 2 aromatic rings. The lowest BCUT2D eigenvalue weighted by Crippen LogP contribution is -2.09. The van der Waals surface area contributed by atoms with Crippen molar-refractivity contribution in [1.29, 1.82) is 0 Å². The van der Waals surface area contributed by atoms with Crippen molar-refractivity contribution < 1.29 is 14.3 Å². The maximum Gasteiger partial charge on any atom is 0.286 e. The molecule has 5 nitrogen and oxygen atoms in total. The zero-order valence-corrected chi connectivity index (χ0v) is 15.6. The molecule has 2 aromatic carbocycles. The van der Waals surface area contributed by atoms with E-state index in [-0.39, 0.29) is 11.1 Å². The molecule has 0 atom stereocenters. The molecule has 0 saturated carbocycles. The lowest BCUT2D eigenvalue weighted by atomic mass is 10.2. The van der Waals surface area contributed by atoms with Crippen molar-refractivity contribution in [3.8, 4) is 11.5 Å². The van der Waals surface area contributed by atoms with Crippen LogP contribution in [0.25, 0.3) is 6.08 Å². The summed E-state index contributed by atoms with van der Waals surface area (Å²) in [6.45, 7) is 2.77. The fourth-order valence-corrected chi connectivity index (χ4v) is 3.13. The summed E-state index contributed by atoms with van der Waals surface area (Å²) in [6.07, 6.45) is 1.68. The first-order valence-corrected chi connectivity index (χ1v) is 9.10. The molecule has 1 aliphatic rings. The fourth-order valence-electron chi connectivity index (χ4n) is 2.28. The van der Waals surface area contributed by atoms with E-state index < -0.39 is 0 Å². The van der Waals surface area contributed by atoms with Crippen LogP contribution < -0.4 is 15.2 Å². The number of nitrogens with two attached hydrogens (primary N) is 1. The first kappa shape index (κ1) is 18.4. The van der Waals surface area contributed by atoms with Gasteiger partial charge in [-0.3, -0.25) is 4.79 Å². The van der Waals surface area contributed by atoms with Crippen molar-refractivity contribution >= 4 is 40.5 Å². The molecule has 3 rings (SSSR count). The van der Waals surface area contributed by atoms with Crippen molar-refractivity contribution in [1.82, 2.24) is 0 Å². The highest BCUT2D eigenvalue weighted by molar-refractivity contribution is 8.18. The third-order valence-electron chi connectivity index (χ3n) is 3.53. The van der Waals surface area contributed by atoms with E-state index in [9.17, 15) is 4.79 Å². The van der Waals surface area contributed by atoms with E-state index >= 15 is 0 Å². The second kappa shape index (κ2) is 8.29. The number of halogens is 1. The molecule has 0 aliphatic carbocycles. The minimum Gasteiger partial charge on any atom is -0.490 e. The standard InChI is InChI=1S/C19H17ClN2O3S/c1-12-2-5-15(6-3-12)24-8-9-25-16-7-4-14(20)10-13(16)11-17-18(23)22-19(21)26-17/h2-7,10-11H,8-9H2,1H3,(H2,21,22,23). The zero-order chi connectivity index (χ0) is 18.5. The number of amidine groups is 1. The molecular formula is C19H17ClN2O3S. The molecule has 2 N–H and O–H groups in total. The van der Waals surface area contributed by atoms with E-state index in [4.69, 9.17) is 26.8 Å². The van der Waals surface area contributed by atoms with Gasteiger partial charge in [0.05, 0.1) is 4.91 Å².